The third-order valence-electron chi connectivity index (χ3n) is 8.86. The van der Waals surface area contributed by atoms with Gasteiger partial charge in [-0.3, -0.25) is 0 Å². The summed E-state index contributed by atoms with van der Waals surface area (Å²) in [7, 11) is 0. The molecule has 0 radical (unpaired) electrons. The molecule has 13 nitrogen and oxygen atoms in total. The van der Waals surface area contributed by atoms with Gasteiger partial charge in [0, 0.05) is 54.2 Å². The highest BCUT2D eigenvalue weighted by Crippen LogP contribution is 2.40. The summed E-state index contributed by atoms with van der Waals surface area (Å²) in [5.41, 5.74) is 3.60. The minimum atomic E-state index is -1.20. The third-order valence-corrected chi connectivity index (χ3v) is 9.40. The van der Waals surface area contributed by atoms with Gasteiger partial charge in [0.25, 0.3) is 0 Å². The second-order valence-electron chi connectivity index (χ2n) is 12.3. The van der Waals surface area contributed by atoms with Crippen LogP contribution in [0.1, 0.15) is 25.8 Å². The van der Waals surface area contributed by atoms with Crippen LogP contribution < -0.4 is 20.2 Å². The van der Waals surface area contributed by atoms with Crippen LogP contribution in [0.4, 0.5) is 11.4 Å². The van der Waals surface area contributed by atoms with Gasteiger partial charge in [0.15, 0.2) is 0 Å². The average Bonchev–Trinajstić information content (AvgIpc) is 3.86. The van der Waals surface area contributed by atoms with E-state index in [0.717, 1.165) is 48.9 Å². The Morgan fingerprint density at radius 3 is 2.47 bits per heavy atom. The molecule has 3 aromatic carbocycles. The lowest BCUT2D eigenvalue weighted by Crippen LogP contribution is -2.52. The number of rotatable bonds is 11. The summed E-state index contributed by atoms with van der Waals surface area (Å²) in [5.74, 6) is -0.465. The van der Waals surface area contributed by atoms with Crippen molar-refractivity contribution in [3.05, 3.63) is 105 Å². The largest absolute Gasteiger partial charge is 0.491 e. The molecule has 5 aromatic rings. The Kier molecular flexibility index (Phi) is 9.59. The first-order chi connectivity index (χ1) is 23.8. The summed E-state index contributed by atoms with van der Waals surface area (Å²) in [6, 6.07) is 21.7. The van der Waals surface area contributed by atoms with E-state index in [4.69, 9.17) is 37.4 Å². The van der Waals surface area contributed by atoms with E-state index < -0.39 is 5.79 Å². The van der Waals surface area contributed by atoms with E-state index >= 15 is 0 Å². The van der Waals surface area contributed by atoms with Gasteiger partial charge in [-0.15, -0.1) is 5.10 Å². The summed E-state index contributed by atoms with van der Waals surface area (Å²) >= 11 is 12.7. The predicted octanol–water partition coefficient (Wildman–Crippen LogP) is 4.80. The molecule has 15 heteroatoms. The number of tetrazole rings is 1. The Labute approximate surface area is 293 Å². The van der Waals surface area contributed by atoms with Crippen LogP contribution in [0, 0.1) is 0 Å². The van der Waals surface area contributed by atoms with E-state index in [9.17, 15) is 4.79 Å². The van der Waals surface area contributed by atoms with Crippen molar-refractivity contribution in [3.8, 4) is 11.4 Å². The van der Waals surface area contributed by atoms with Crippen LogP contribution in [-0.4, -0.2) is 79.5 Å². The minimum Gasteiger partial charge on any atom is -0.491 e. The molecule has 49 heavy (non-hydrogen) atoms. The molecule has 0 N–H and O–H groups in total. The lowest BCUT2D eigenvalue weighted by molar-refractivity contribution is -0.190. The van der Waals surface area contributed by atoms with Gasteiger partial charge in [-0.25, -0.2) is 18.7 Å². The maximum atomic E-state index is 12.6. The lowest BCUT2D eigenvalue weighted by Gasteiger charge is -2.42. The van der Waals surface area contributed by atoms with Crippen LogP contribution in [0.25, 0.3) is 5.69 Å². The van der Waals surface area contributed by atoms with E-state index in [-0.39, 0.29) is 31.0 Å². The summed E-state index contributed by atoms with van der Waals surface area (Å²) in [4.78, 5) is 17.4. The highest BCUT2D eigenvalue weighted by atomic mass is 35.5. The van der Waals surface area contributed by atoms with Crippen molar-refractivity contribution in [3.63, 3.8) is 0 Å². The quantitative estimate of drug-likeness (QED) is 0.190. The molecule has 0 aliphatic carbocycles. The van der Waals surface area contributed by atoms with Gasteiger partial charge in [0.2, 0.25) is 5.79 Å². The van der Waals surface area contributed by atoms with Gasteiger partial charge in [0.1, 0.15) is 37.7 Å². The highest BCUT2D eigenvalue weighted by molar-refractivity contribution is 6.35. The number of anilines is 2. The fourth-order valence-corrected chi connectivity index (χ4v) is 6.98. The molecule has 1 unspecified atom stereocenters. The van der Waals surface area contributed by atoms with E-state index in [0.29, 0.717) is 28.8 Å². The zero-order chi connectivity index (χ0) is 34.0. The van der Waals surface area contributed by atoms with Crippen LogP contribution >= 0.6 is 23.2 Å². The van der Waals surface area contributed by atoms with Crippen molar-refractivity contribution in [2.45, 2.75) is 51.3 Å². The fraction of sp³-hybridized carbons (Fsp3) is 0.382. The number of aryl methyl sites for hydroxylation is 1. The fourth-order valence-electron chi connectivity index (χ4n) is 6.42. The van der Waals surface area contributed by atoms with E-state index in [2.05, 4.69) is 61.6 Å². The first-order valence-electron chi connectivity index (χ1n) is 16.3. The van der Waals surface area contributed by atoms with Crippen LogP contribution in [0.3, 0.4) is 0 Å². The highest BCUT2D eigenvalue weighted by Gasteiger charge is 2.46. The summed E-state index contributed by atoms with van der Waals surface area (Å²) in [6.45, 7) is 8.28. The van der Waals surface area contributed by atoms with Crippen LogP contribution in [0.5, 0.6) is 5.75 Å². The van der Waals surface area contributed by atoms with Gasteiger partial charge in [-0.2, -0.15) is 5.10 Å². The summed E-state index contributed by atoms with van der Waals surface area (Å²) < 4.78 is 23.5. The number of hydrogen-bond acceptors (Lipinski definition) is 10. The summed E-state index contributed by atoms with van der Waals surface area (Å²) in [5, 5.41) is 16.6. The lowest BCUT2D eigenvalue weighted by atomic mass is 10.1. The Morgan fingerprint density at radius 1 is 0.980 bits per heavy atom. The number of benzene rings is 3. The van der Waals surface area contributed by atoms with Crippen molar-refractivity contribution in [2.75, 3.05) is 42.6 Å². The number of hydrogen-bond donors (Lipinski definition) is 0. The molecule has 2 fully saturated rings. The molecule has 7 rings (SSSR count). The average molecular weight is 707 g/mol. The Morgan fingerprint density at radius 2 is 1.76 bits per heavy atom. The minimum absolute atomic E-state index is 0.118. The van der Waals surface area contributed by atoms with Gasteiger partial charge in [-0.05, 0) is 84.4 Å². The van der Waals surface area contributed by atoms with Crippen molar-refractivity contribution in [2.24, 2.45) is 0 Å². The Hall–Kier alpha value is -4.43. The molecule has 2 saturated heterocycles. The normalized spacial score (nSPS) is 21.0. The van der Waals surface area contributed by atoms with Gasteiger partial charge < -0.3 is 24.0 Å². The van der Waals surface area contributed by atoms with Crippen molar-refractivity contribution >= 4 is 34.6 Å². The summed E-state index contributed by atoms with van der Waals surface area (Å²) in [6.07, 6.45) is 3.59. The monoisotopic (exact) mass is 705 g/mol. The van der Waals surface area contributed by atoms with E-state index in [1.807, 2.05) is 31.2 Å². The van der Waals surface area contributed by atoms with Gasteiger partial charge >= 0.3 is 5.69 Å². The van der Waals surface area contributed by atoms with Crippen LogP contribution in [-0.2, 0) is 28.4 Å². The molecular weight excluding hydrogens is 669 g/mol. The van der Waals surface area contributed by atoms with Crippen LogP contribution in [0.15, 0.2) is 84.2 Å². The van der Waals surface area contributed by atoms with Gasteiger partial charge in [0.05, 0.1) is 17.3 Å². The Balaban J connectivity index is 0.945. The first kappa shape index (κ1) is 33.1. The molecule has 0 amide bonds. The van der Waals surface area contributed by atoms with Crippen molar-refractivity contribution in [1.29, 1.82) is 0 Å². The molecule has 256 valence electrons. The van der Waals surface area contributed by atoms with Crippen LogP contribution in [0.2, 0.25) is 10.0 Å². The van der Waals surface area contributed by atoms with Gasteiger partial charge in [-0.1, -0.05) is 36.2 Å². The maximum absolute atomic E-state index is 12.6. The first-order valence-corrected chi connectivity index (χ1v) is 17.0. The molecular formula is C34H37Cl2N9O4. The predicted molar refractivity (Wildman–Crippen MR) is 186 cm³/mol. The second kappa shape index (κ2) is 14.2. The molecule has 3 atom stereocenters. The number of halogens is 2. The molecule has 0 saturated carbocycles. The number of aromatic nitrogens is 7. The molecule has 2 aliphatic rings. The smallest absolute Gasteiger partial charge is 0.350 e. The van der Waals surface area contributed by atoms with E-state index in [1.165, 1.54) is 11.0 Å². The third kappa shape index (κ3) is 7.02. The Bertz CT molecular complexity index is 1920. The SMILES string of the molecule is CCCn1ncn(-c2ccc(N3CCN(c4ccc(OC[C@@H]5CO[C@@](Cn6cnnn6)(c6ccc(Cl)cc6Cl)O5)cc4)C(C)C3)cc2)c1=O. The van der Waals surface area contributed by atoms with E-state index in [1.54, 1.807) is 33.8 Å². The number of nitrogens with zero attached hydrogens (tertiary/aromatic N) is 9. The standard InChI is InChI=1S/C34H37Cl2N9O4/c1-3-14-45-33(46)44(23-38-45)28-7-5-26(6-8-28)41-15-16-43(24(2)18-41)27-9-11-29(12-10-27)47-19-30-20-48-34(49-30,21-42-22-37-39-40-42)31-13-4-25(35)17-32(31)36/h4-13,17,22-24,30H,3,14-16,18-21H2,1-2H3/t24?,30-,34-/m1/s1. The molecule has 4 heterocycles. The maximum Gasteiger partial charge on any atom is 0.350 e. The van der Waals surface area contributed by atoms with Crippen molar-refractivity contribution in [1.82, 2.24) is 34.6 Å². The zero-order valence-corrected chi connectivity index (χ0v) is 28.7. The molecule has 2 aromatic heterocycles. The second-order valence-corrected chi connectivity index (χ2v) is 13.1. The van der Waals surface area contributed by atoms with Crippen molar-refractivity contribution < 1.29 is 14.2 Å². The topological polar surface area (TPSA) is 118 Å². The molecule has 0 bridgehead atoms. The number of ether oxygens (including phenoxy) is 3. The molecule has 0 spiro atoms. The zero-order valence-electron chi connectivity index (χ0n) is 27.2. The molecule has 2 aliphatic heterocycles. The number of piperazine rings is 1.